The molecule has 1 unspecified atom stereocenters. The van der Waals surface area contributed by atoms with E-state index in [0.717, 1.165) is 25.0 Å². The van der Waals surface area contributed by atoms with Crippen LogP contribution < -0.4 is 5.73 Å². The fourth-order valence-corrected chi connectivity index (χ4v) is 4.07. The molecule has 0 spiro atoms. The summed E-state index contributed by atoms with van der Waals surface area (Å²) in [5.74, 6) is 1.05. The molecule has 1 heterocycles. The maximum Gasteiger partial charge on any atom is 0.154 e. The predicted octanol–water partition coefficient (Wildman–Crippen LogP) is 5.37. The van der Waals surface area contributed by atoms with Gasteiger partial charge in [0, 0.05) is 5.75 Å². The summed E-state index contributed by atoms with van der Waals surface area (Å²) in [4.78, 5) is 4.71. The van der Waals surface area contributed by atoms with Gasteiger partial charge in [-0.2, -0.15) is 0 Å². The van der Waals surface area contributed by atoms with Gasteiger partial charge in [-0.25, -0.2) is 0 Å². The third-order valence-corrected chi connectivity index (χ3v) is 5.31. The number of aliphatic imine (C=N–C) groups is 1. The van der Waals surface area contributed by atoms with E-state index in [1.54, 1.807) is 11.8 Å². The summed E-state index contributed by atoms with van der Waals surface area (Å²) in [5.41, 5.74) is 9.88. The highest BCUT2D eigenvalue weighted by Gasteiger charge is 2.29. The van der Waals surface area contributed by atoms with Gasteiger partial charge in [0.15, 0.2) is 5.17 Å². The molecule has 2 N–H and O–H groups in total. The van der Waals surface area contributed by atoms with E-state index in [2.05, 4.69) is 61.5 Å². The molecule has 2 nitrogen and oxygen atoms in total. The molecule has 0 saturated heterocycles. The Bertz CT molecular complexity index is 691. The molecule has 25 heavy (non-hydrogen) atoms. The zero-order valence-electron chi connectivity index (χ0n) is 14.5. The lowest BCUT2D eigenvalue weighted by atomic mass is 9.88. The molecule has 0 saturated carbocycles. The minimum atomic E-state index is -0.162. The minimum Gasteiger partial charge on any atom is -0.379 e. The Morgan fingerprint density at radius 1 is 1.00 bits per heavy atom. The van der Waals surface area contributed by atoms with Gasteiger partial charge >= 0.3 is 0 Å². The number of nitrogens with zero attached hydrogens (tertiary/aromatic N) is 1. The highest BCUT2D eigenvalue weighted by molar-refractivity contribution is 8.13. The Hall–Kier alpha value is -1.16. The van der Waals surface area contributed by atoms with Gasteiger partial charge in [-0.1, -0.05) is 66.4 Å². The lowest BCUT2D eigenvalue weighted by Gasteiger charge is -2.30. The molecule has 0 amide bonds. The average molecular weight is 397 g/mol. The summed E-state index contributed by atoms with van der Waals surface area (Å²) in [6.07, 6.45) is 4.45. The van der Waals surface area contributed by atoms with Crippen LogP contribution in [0.1, 0.15) is 36.5 Å². The van der Waals surface area contributed by atoms with Crippen molar-refractivity contribution in [1.29, 1.82) is 0 Å². The molecule has 1 aliphatic heterocycles. The summed E-state index contributed by atoms with van der Waals surface area (Å²) >= 11 is 1.66. The summed E-state index contributed by atoms with van der Waals surface area (Å²) in [5, 5.41) is 0.716. The highest BCUT2D eigenvalue weighted by Crippen LogP contribution is 2.35. The Labute approximate surface area is 167 Å². The fourth-order valence-electron chi connectivity index (χ4n) is 3.10. The van der Waals surface area contributed by atoms with Crippen LogP contribution in [0.25, 0.3) is 0 Å². The molecule has 2 aromatic rings. The van der Waals surface area contributed by atoms with Crippen LogP contribution in [-0.2, 0) is 18.4 Å². The van der Waals surface area contributed by atoms with Gasteiger partial charge in [0.1, 0.15) is 0 Å². The van der Waals surface area contributed by atoms with E-state index in [4.69, 9.17) is 10.7 Å². The zero-order chi connectivity index (χ0) is 16.1. The van der Waals surface area contributed by atoms with Crippen LogP contribution in [0.2, 0.25) is 0 Å². The lowest BCUT2D eigenvalue weighted by molar-refractivity contribution is 0.481. The van der Waals surface area contributed by atoms with Crippen molar-refractivity contribution in [2.45, 2.75) is 38.1 Å². The van der Waals surface area contributed by atoms with E-state index < -0.39 is 0 Å². The van der Waals surface area contributed by atoms with Gasteiger partial charge in [0.2, 0.25) is 0 Å². The van der Waals surface area contributed by atoms with Crippen LogP contribution in [0, 0.1) is 0 Å². The van der Waals surface area contributed by atoms with E-state index in [9.17, 15) is 0 Å². The van der Waals surface area contributed by atoms with Gasteiger partial charge in [0.25, 0.3) is 0 Å². The second-order valence-corrected chi connectivity index (χ2v) is 7.48. The first-order valence-electron chi connectivity index (χ1n) is 8.27. The Kier molecular flexibility index (Phi) is 8.84. The second-order valence-electron chi connectivity index (χ2n) is 6.36. The molecule has 0 bridgehead atoms. The van der Waals surface area contributed by atoms with Crippen LogP contribution in [0.5, 0.6) is 0 Å². The Morgan fingerprint density at radius 3 is 2.40 bits per heavy atom. The quantitative estimate of drug-likeness (QED) is 0.736. The minimum absolute atomic E-state index is 0. The van der Waals surface area contributed by atoms with Crippen LogP contribution in [0.4, 0.5) is 0 Å². The van der Waals surface area contributed by atoms with E-state index in [-0.39, 0.29) is 30.4 Å². The summed E-state index contributed by atoms with van der Waals surface area (Å²) in [7, 11) is 0. The number of benzene rings is 2. The fraction of sp³-hybridized carbons (Fsp3) is 0.350. The van der Waals surface area contributed by atoms with Crippen LogP contribution >= 0.6 is 36.6 Å². The van der Waals surface area contributed by atoms with Crippen LogP contribution in [0.15, 0.2) is 59.6 Å². The maximum absolute atomic E-state index is 5.94. The lowest BCUT2D eigenvalue weighted by Crippen LogP contribution is -2.28. The first-order chi connectivity index (χ1) is 11.2. The molecule has 0 aromatic heterocycles. The molecule has 1 atom stereocenters. The number of amidine groups is 1. The van der Waals surface area contributed by atoms with Crippen molar-refractivity contribution in [3.8, 4) is 0 Å². The van der Waals surface area contributed by atoms with Gasteiger partial charge in [-0.15, -0.1) is 24.8 Å². The number of aryl methyl sites for hydroxylation is 2. The largest absolute Gasteiger partial charge is 0.379 e. The van der Waals surface area contributed by atoms with E-state index in [1.165, 1.54) is 23.1 Å². The second kappa shape index (κ2) is 10.1. The molecule has 0 aliphatic carbocycles. The smallest absolute Gasteiger partial charge is 0.154 e. The van der Waals surface area contributed by atoms with Crippen molar-refractivity contribution in [2.24, 2.45) is 10.7 Å². The number of rotatable bonds is 5. The molecule has 0 fully saturated rings. The first kappa shape index (κ1) is 21.9. The molecule has 3 rings (SSSR count). The van der Waals surface area contributed by atoms with Crippen molar-refractivity contribution in [2.75, 3.05) is 5.75 Å². The van der Waals surface area contributed by atoms with Crippen LogP contribution in [0.3, 0.4) is 0 Å². The van der Waals surface area contributed by atoms with E-state index in [0.29, 0.717) is 5.17 Å². The Morgan fingerprint density at radius 2 is 1.68 bits per heavy atom. The van der Waals surface area contributed by atoms with Gasteiger partial charge in [0.05, 0.1) is 5.54 Å². The summed E-state index contributed by atoms with van der Waals surface area (Å²) in [6.45, 7) is 2.20. The normalized spacial score (nSPS) is 19.3. The zero-order valence-corrected chi connectivity index (χ0v) is 16.9. The third kappa shape index (κ3) is 5.95. The number of thioether (sulfide) groups is 1. The summed E-state index contributed by atoms with van der Waals surface area (Å²) in [6, 6.07) is 19.6. The van der Waals surface area contributed by atoms with Gasteiger partial charge in [-0.05, 0) is 49.3 Å². The number of hydrogen-bond acceptors (Lipinski definition) is 3. The molecule has 2 aromatic carbocycles. The highest BCUT2D eigenvalue weighted by atomic mass is 35.5. The van der Waals surface area contributed by atoms with E-state index >= 15 is 0 Å². The van der Waals surface area contributed by atoms with E-state index in [1.807, 2.05) is 0 Å². The standard InChI is InChI=1S/C20H24N2S.2ClH/c1-20(13-14-23-19(21)22-20)18-12-6-11-17(15-18)10-5-9-16-7-3-2-4-8-16;;/h2-4,6-8,11-12,15H,5,9-10,13-14H2,1H3,(H2,21,22);2*1H. The number of hydrogen-bond donors (Lipinski definition) is 1. The first-order valence-corrected chi connectivity index (χ1v) is 9.26. The molecule has 1 aliphatic rings. The van der Waals surface area contributed by atoms with Crippen molar-refractivity contribution in [3.63, 3.8) is 0 Å². The molecule has 0 radical (unpaired) electrons. The monoisotopic (exact) mass is 396 g/mol. The third-order valence-electron chi connectivity index (χ3n) is 4.52. The maximum atomic E-state index is 5.94. The van der Waals surface area contributed by atoms with Crippen molar-refractivity contribution in [3.05, 3.63) is 71.3 Å². The SMILES string of the molecule is CC1(c2cccc(CCCc3ccccc3)c2)CCSC(N)=N1.Cl.Cl. The molecule has 136 valence electrons. The van der Waals surface area contributed by atoms with Crippen molar-refractivity contribution in [1.82, 2.24) is 0 Å². The molecular formula is C20H26Cl2N2S. The van der Waals surface area contributed by atoms with Gasteiger partial charge < -0.3 is 5.73 Å². The van der Waals surface area contributed by atoms with Crippen LogP contribution in [-0.4, -0.2) is 10.9 Å². The number of nitrogens with two attached hydrogens (primary N) is 1. The van der Waals surface area contributed by atoms with Crippen molar-refractivity contribution < 1.29 is 0 Å². The topological polar surface area (TPSA) is 38.4 Å². The van der Waals surface area contributed by atoms with Crippen molar-refractivity contribution >= 4 is 41.7 Å². The predicted molar refractivity (Wildman–Crippen MR) is 115 cm³/mol. The molecule has 5 heteroatoms. The Balaban J connectivity index is 0.00000156. The molecular weight excluding hydrogens is 371 g/mol. The van der Waals surface area contributed by atoms with Gasteiger partial charge in [-0.3, -0.25) is 4.99 Å². The average Bonchev–Trinajstić information content (AvgIpc) is 2.56. The summed E-state index contributed by atoms with van der Waals surface area (Å²) < 4.78 is 0. The number of halogens is 2.